The number of aromatic amines is 1. The van der Waals surface area contributed by atoms with Gasteiger partial charge in [-0.1, -0.05) is 6.07 Å². The number of aromatic nitrogens is 1. The Hall–Kier alpha value is -1.23. The SMILES string of the molecule is O=C1CC(CS)CN1c1cccc(=O)[nH]1. The van der Waals surface area contributed by atoms with Gasteiger partial charge in [-0.15, -0.1) is 0 Å². The molecular weight excluding hydrogens is 212 g/mol. The molecule has 1 aliphatic heterocycles. The molecule has 0 aromatic carbocycles. The van der Waals surface area contributed by atoms with Gasteiger partial charge < -0.3 is 4.98 Å². The minimum absolute atomic E-state index is 0.0518. The third kappa shape index (κ3) is 2.07. The van der Waals surface area contributed by atoms with Crippen molar-refractivity contribution in [2.24, 2.45) is 5.92 Å². The first kappa shape index (κ1) is 10.3. The van der Waals surface area contributed by atoms with Crippen LogP contribution in [0.3, 0.4) is 0 Å². The van der Waals surface area contributed by atoms with Crippen LogP contribution in [0.15, 0.2) is 23.0 Å². The van der Waals surface area contributed by atoms with Gasteiger partial charge in [0.25, 0.3) is 0 Å². The van der Waals surface area contributed by atoms with Crippen molar-refractivity contribution in [3.05, 3.63) is 28.6 Å². The van der Waals surface area contributed by atoms with Crippen molar-refractivity contribution in [2.75, 3.05) is 17.2 Å². The van der Waals surface area contributed by atoms with Crippen molar-refractivity contribution < 1.29 is 4.79 Å². The first-order valence-corrected chi connectivity index (χ1v) is 5.44. The maximum atomic E-state index is 11.6. The van der Waals surface area contributed by atoms with Gasteiger partial charge in [0.1, 0.15) is 5.82 Å². The van der Waals surface area contributed by atoms with Crippen molar-refractivity contribution in [1.82, 2.24) is 4.98 Å². The summed E-state index contributed by atoms with van der Waals surface area (Å²) in [5, 5.41) is 0. The predicted octanol–water partition coefficient (Wildman–Crippen LogP) is 0.658. The van der Waals surface area contributed by atoms with E-state index in [2.05, 4.69) is 17.6 Å². The van der Waals surface area contributed by atoms with E-state index >= 15 is 0 Å². The number of carbonyl (C=O) groups excluding carboxylic acids is 1. The normalized spacial score (nSPS) is 21.0. The minimum Gasteiger partial charge on any atom is -0.308 e. The Bertz CT molecular complexity index is 429. The summed E-state index contributed by atoms with van der Waals surface area (Å²) in [5.41, 5.74) is -0.186. The largest absolute Gasteiger partial charge is 0.308 e. The lowest BCUT2D eigenvalue weighted by Crippen LogP contribution is -2.27. The van der Waals surface area contributed by atoms with E-state index in [9.17, 15) is 9.59 Å². The number of rotatable bonds is 2. The van der Waals surface area contributed by atoms with Gasteiger partial charge in [-0.25, -0.2) is 0 Å². The van der Waals surface area contributed by atoms with Gasteiger partial charge in [-0.3, -0.25) is 14.5 Å². The van der Waals surface area contributed by atoms with Crippen molar-refractivity contribution in [2.45, 2.75) is 6.42 Å². The van der Waals surface area contributed by atoms with E-state index in [4.69, 9.17) is 0 Å². The molecule has 80 valence electrons. The van der Waals surface area contributed by atoms with Crippen LogP contribution in [-0.2, 0) is 4.79 Å². The smallest absolute Gasteiger partial charge is 0.249 e. The average molecular weight is 224 g/mol. The number of amides is 1. The number of carbonyl (C=O) groups is 1. The van der Waals surface area contributed by atoms with E-state index in [1.807, 2.05) is 0 Å². The summed E-state index contributed by atoms with van der Waals surface area (Å²) in [5.74, 6) is 1.61. The van der Waals surface area contributed by atoms with Gasteiger partial charge in [0.15, 0.2) is 0 Å². The molecule has 1 unspecified atom stereocenters. The van der Waals surface area contributed by atoms with Gasteiger partial charge in [-0.05, 0) is 17.7 Å². The summed E-state index contributed by atoms with van der Waals surface area (Å²) >= 11 is 4.18. The fraction of sp³-hybridized carbons (Fsp3) is 0.400. The molecule has 2 rings (SSSR count). The highest BCUT2D eigenvalue weighted by atomic mass is 32.1. The van der Waals surface area contributed by atoms with E-state index in [1.54, 1.807) is 17.0 Å². The van der Waals surface area contributed by atoms with E-state index in [0.717, 1.165) is 0 Å². The van der Waals surface area contributed by atoms with Gasteiger partial charge in [0.05, 0.1) is 0 Å². The summed E-state index contributed by atoms with van der Waals surface area (Å²) in [6, 6.07) is 4.82. The van der Waals surface area contributed by atoms with Crippen molar-refractivity contribution >= 4 is 24.4 Å². The van der Waals surface area contributed by atoms with E-state index in [1.165, 1.54) is 6.07 Å². The van der Waals surface area contributed by atoms with Crippen LogP contribution >= 0.6 is 12.6 Å². The summed E-state index contributed by atoms with van der Waals surface area (Å²) in [6.07, 6.45) is 0.514. The Balaban J connectivity index is 2.25. The van der Waals surface area contributed by atoms with Crippen LogP contribution in [0.5, 0.6) is 0 Å². The molecule has 15 heavy (non-hydrogen) atoms. The van der Waals surface area contributed by atoms with Crippen LogP contribution in [0.4, 0.5) is 5.82 Å². The second kappa shape index (κ2) is 4.10. The highest BCUT2D eigenvalue weighted by Crippen LogP contribution is 2.22. The molecule has 0 radical (unpaired) electrons. The van der Waals surface area contributed by atoms with Crippen LogP contribution in [0.25, 0.3) is 0 Å². The molecule has 1 aromatic heterocycles. The molecule has 1 N–H and O–H groups in total. The second-order valence-electron chi connectivity index (χ2n) is 3.66. The topological polar surface area (TPSA) is 53.2 Å². The number of anilines is 1. The molecule has 1 fully saturated rings. The maximum Gasteiger partial charge on any atom is 0.249 e. The standard InChI is InChI=1S/C10H12N2O2S/c13-9-3-1-2-8(11-9)12-5-7(6-15)4-10(12)14/h1-3,7,15H,4-6H2,(H,11,13). The maximum absolute atomic E-state index is 11.6. The lowest BCUT2D eigenvalue weighted by atomic mass is 10.1. The molecule has 1 saturated heterocycles. The molecule has 1 aromatic rings. The van der Waals surface area contributed by atoms with Gasteiger partial charge in [0, 0.05) is 19.0 Å². The van der Waals surface area contributed by atoms with E-state index in [0.29, 0.717) is 24.5 Å². The number of thiol groups is 1. The minimum atomic E-state index is -0.186. The first-order chi connectivity index (χ1) is 7.20. The summed E-state index contributed by atoms with van der Waals surface area (Å²) in [4.78, 5) is 27.0. The number of pyridine rings is 1. The second-order valence-corrected chi connectivity index (χ2v) is 4.02. The Morgan fingerprint density at radius 2 is 2.27 bits per heavy atom. The molecular formula is C10H12N2O2S. The molecule has 0 spiro atoms. The zero-order valence-corrected chi connectivity index (χ0v) is 9.04. The number of hydrogen-bond acceptors (Lipinski definition) is 3. The molecule has 1 atom stereocenters. The Morgan fingerprint density at radius 3 is 2.87 bits per heavy atom. The van der Waals surface area contributed by atoms with Crippen LogP contribution in [0, 0.1) is 5.92 Å². The summed E-state index contributed by atoms with van der Waals surface area (Å²) in [6.45, 7) is 0.641. The monoisotopic (exact) mass is 224 g/mol. The van der Waals surface area contributed by atoms with E-state index in [-0.39, 0.29) is 17.4 Å². The van der Waals surface area contributed by atoms with Crippen molar-refractivity contribution in [3.8, 4) is 0 Å². The van der Waals surface area contributed by atoms with Crippen molar-refractivity contribution in [3.63, 3.8) is 0 Å². The average Bonchev–Trinajstić information content (AvgIpc) is 2.60. The predicted molar refractivity (Wildman–Crippen MR) is 61.4 cm³/mol. The summed E-state index contributed by atoms with van der Waals surface area (Å²) in [7, 11) is 0. The zero-order chi connectivity index (χ0) is 10.8. The van der Waals surface area contributed by atoms with E-state index < -0.39 is 0 Å². The number of nitrogens with zero attached hydrogens (tertiary/aromatic N) is 1. The van der Waals surface area contributed by atoms with Gasteiger partial charge >= 0.3 is 0 Å². The van der Waals surface area contributed by atoms with Crippen LogP contribution < -0.4 is 10.5 Å². The molecule has 4 nitrogen and oxygen atoms in total. The Kier molecular flexibility index (Phi) is 2.81. The number of hydrogen-bond donors (Lipinski definition) is 2. The zero-order valence-electron chi connectivity index (χ0n) is 8.14. The van der Waals surface area contributed by atoms with Gasteiger partial charge in [-0.2, -0.15) is 12.6 Å². The molecule has 0 saturated carbocycles. The van der Waals surface area contributed by atoms with Crippen LogP contribution in [0.2, 0.25) is 0 Å². The fourth-order valence-electron chi connectivity index (χ4n) is 1.73. The summed E-state index contributed by atoms with van der Waals surface area (Å²) < 4.78 is 0. The molecule has 2 heterocycles. The third-order valence-corrected chi connectivity index (χ3v) is 3.02. The third-order valence-electron chi connectivity index (χ3n) is 2.51. The molecule has 0 bridgehead atoms. The Morgan fingerprint density at radius 1 is 1.47 bits per heavy atom. The number of H-pyrrole nitrogens is 1. The Labute approximate surface area is 92.7 Å². The lowest BCUT2D eigenvalue weighted by Gasteiger charge is -2.15. The highest BCUT2D eigenvalue weighted by molar-refractivity contribution is 7.80. The number of nitrogens with one attached hydrogen (secondary N) is 1. The van der Waals surface area contributed by atoms with Crippen LogP contribution in [-0.4, -0.2) is 23.2 Å². The molecule has 1 aliphatic rings. The quantitative estimate of drug-likeness (QED) is 0.725. The fourth-order valence-corrected chi connectivity index (χ4v) is 1.97. The highest BCUT2D eigenvalue weighted by Gasteiger charge is 2.29. The van der Waals surface area contributed by atoms with Gasteiger partial charge in [0.2, 0.25) is 11.5 Å². The van der Waals surface area contributed by atoms with Crippen molar-refractivity contribution in [1.29, 1.82) is 0 Å². The van der Waals surface area contributed by atoms with Crippen LogP contribution in [0.1, 0.15) is 6.42 Å². The lowest BCUT2D eigenvalue weighted by molar-refractivity contribution is -0.117. The molecule has 1 amide bonds. The first-order valence-electron chi connectivity index (χ1n) is 4.81. The molecule has 0 aliphatic carbocycles. The molecule has 5 heteroatoms.